The van der Waals surface area contributed by atoms with E-state index in [9.17, 15) is 9.59 Å². The Hall–Kier alpha value is -2.87. The van der Waals surface area contributed by atoms with Gasteiger partial charge < -0.3 is 14.0 Å². The van der Waals surface area contributed by atoms with Gasteiger partial charge in [0, 0.05) is 17.5 Å². The molecule has 0 radical (unpaired) electrons. The number of fused-ring (bicyclic) bond motifs is 1. The van der Waals surface area contributed by atoms with E-state index in [1.807, 2.05) is 10.6 Å². The van der Waals surface area contributed by atoms with Gasteiger partial charge in [-0.1, -0.05) is 18.1 Å². The van der Waals surface area contributed by atoms with Crippen molar-refractivity contribution in [2.75, 3.05) is 13.2 Å². The van der Waals surface area contributed by atoms with Crippen molar-refractivity contribution in [1.29, 1.82) is 0 Å². The molecule has 3 atom stereocenters. The first-order chi connectivity index (χ1) is 15.5. The molecule has 1 aromatic carbocycles. The zero-order valence-corrected chi connectivity index (χ0v) is 18.3. The quantitative estimate of drug-likeness (QED) is 0.611. The molecule has 1 aliphatic heterocycles. The van der Waals surface area contributed by atoms with Crippen LogP contribution in [0.1, 0.15) is 73.7 Å². The summed E-state index contributed by atoms with van der Waals surface area (Å²) in [5.41, 5.74) is 2.16. The normalized spacial score (nSPS) is 28.2. The zero-order valence-electron chi connectivity index (χ0n) is 18.3. The Bertz CT molecular complexity index is 1270. The van der Waals surface area contributed by atoms with E-state index in [1.165, 1.54) is 5.56 Å². The largest absolute Gasteiger partial charge is 0.461 e. The number of hydrogen-bond donors (Lipinski definition) is 1. The van der Waals surface area contributed by atoms with E-state index in [-0.39, 0.29) is 17.5 Å². The highest BCUT2D eigenvalue weighted by Crippen LogP contribution is 2.56. The van der Waals surface area contributed by atoms with Gasteiger partial charge in [-0.15, -0.1) is 0 Å². The van der Waals surface area contributed by atoms with E-state index in [4.69, 9.17) is 14.0 Å². The number of aromatic amines is 1. The summed E-state index contributed by atoms with van der Waals surface area (Å²) in [7, 11) is 0. The molecule has 168 valence electrons. The number of hydrogen-bond acceptors (Lipinski definition) is 6. The Morgan fingerprint density at radius 1 is 1.31 bits per heavy atom. The molecule has 32 heavy (non-hydrogen) atoms. The summed E-state index contributed by atoms with van der Waals surface area (Å²) in [6.45, 7) is 4.97. The predicted molar refractivity (Wildman–Crippen MR) is 116 cm³/mol. The van der Waals surface area contributed by atoms with Crippen LogP contribution in [0.15, 0.2) is 33.6 Å². The third kappa shape index (κ3) is 2.88. The predicted octanol–water partition coefficient (Wildman–Crippen LogP) is 3.70. The highest BCUT2D eigenvalue weighted by atomic mass is 16.5. The Morgan fingerprint density at radius 2 is 2.12 bits per heavy atom. The number of esters is 1. The van der Waals surface area contributed by atoms with Gasteiger partial charge in [0.15, 0.2) is 5.82 Å². The number of nitrogens with one attached hydrogen (secondary N) is 1. The maximum atomic E-state index is 13.0. The second-order valence-corrected chi connectivity index (χ2v) is 9.60. The van der Waals surface area contributed by atoms with Crippen molar-refractivity contribution >= 4 is 16.9 Å². The molecule has 0 bridgehead atoms. The molecule has 6 rings (SSSR count). The Labute approximate surface area is 184 Å². The summed E-state index contributed by atoms with van der Waals surface area (Å²) in [5, 5.41) is 4.99. The van der Waals surface area contributed by atoms with E-state index >= 15 is 0 Å². The molecular formula is C24H27N3O5. The van der Waals surface area contributed by atoms with Crippen LogP contribution in [0.25, 0.3) is 10.9 Å². The molecule has 0 amide bonds. The van der Waals surface area contributed by atoms with Crippen LogP contribution in [-0.4, -0.2) is 39.5 Å². The number of nitrogens with zero attached hydrogens (tertiary/aromatic N) is 2. The zero-order chi connectivity index (χ0) is 22.1. The van der Waals surface area contributed by atoms with Gasteiger partial charge in [-0.2, -0.15) is 0 Å². The maximum absolute atomic E-state index is 13.0. The van der Waals surface area contributed by atoms with Crippen molar-refractivity contribution in [3.05, 3.63) is 51.9 Å². The van der Waals surface area contributed by atoms with E-state index in [0.717, 1.165) is 49.6 Å². The van der Waals surface area contributed by atoms with Crippen LogP contribution < -0.4 is 5.76 Å². The van der Waals surface area contributed by atoms with Gasteiger partial charge >= 0.3 is 11.7 Å². The van der Waals surface area contributed by atoms with Crippen LogP contribution in [-0.2, 0) is 15.0 Å². The minimum absolute atomic E-state index is 0.103. The van der Waals surface area contributed by atoms with Gasteiger partial charge in [0.25, 0.3) is 0 Å². The van der Waals surface area contributed by atoms with Gasteiger partial charge in [-0.05, 0) is 74.6 Å². The molecule has 8 heteroatoms. The maximum Gasteiger partial charge on any atom is 0.438 e. The standard InChI is InChI=1S/C24H27N3O5/c1-3-30-20(28)19-11-17-10-15(16-6-9-31-23(13-16)7-8-23)4-5-18(17)27(19)24(12-14(24)2)21-25-22(29)32-26-21/h4-5,10-11,14,16H,3,6-9,12-13H2,1-2H3,(H,25,26,29)/t14-,16+,24+/m0/s1. The minimum Gasteiger partial charge on any atom is -0.461 e. The number of carbonyl (C=O) groups is 1. The Balaban J connectivity index is 1.48. The topological polar surface area (TPSA) is 99.3 Å². The van der Waals surface area contributed by atoms with E-state index in [0.29, 0.717) is 24.0 Å². The van der Waals surface area contributed by atoms with Crippen molar-refractivity contribution in [3.63, 3.8) is 0 Å². The second-order valence-electron chi connectivity index (χ2n) is 9.60. The lowest BCUT2D eigenvalue weighted by Gasteiger charge is -2.30. The van der Waals surface area contributed by atoms with Gasteiger partial charge in [0.1, 0.15) is 11.2 Å². The molecule has 3 aromatic rings. The molecule has 3 heterocycles. The van der Waals surface area contributed by atoms with Crippen LogP contribution in [0.5, 0.6) is 0 Å². The number of benzene rings is 1. The number of carbonyl (C=O) groups excluding carboxylic acids is 1. The third-order valence-corrected chi connectivity index (χ3v) is 7.60. The van der Waals surface area contributed by atoms with Crippen molar-refractivity contribution in [1.82, 2.24) is 14.7 Å². The van der Waals surface area contributed by atoms with Crippen LogP contribution in [0, 0.1) is 5.92 Å². The lowest BCUT2D eigenvalue weighted by molar-refractivity contribution is -0.0132. The fourth-order valence-corrected chi connectivity index (χ4v) is 5.65. The number of rotatable bonds is 5. The molecule has 2 aliphatic carbocycles. The summed E-state index contributed by atoms with van der Waals surface area (Å²) >= 11 is 0. The van der Waals surface area contributed by atoms with Gasteiger partial charge in [0.2, 0.25) is 0 Å². The smallest absolute Gasteiger partial charge is 0.438 e. The summed E-state index contributed by atoms with van der Waals surface area (Å²) in [5.74, 6) is 0.117. The third-order valence-electron chi connectivity index (χ3n) is 7.60. The average molecular weight is 437 g/mol. The molecule has 1 spiro atoms. The molecule has 1 saturated heterocycles. The van der Waals surface area contributed by atoms with Gasteiger partial charge in [0.05, 0.1) is 12.2 Å². The SMILES string of the molecule is CCOC(=O)c1cc2cc([C@@H]3CCOC4(CC4)C3)ccc2n1[C@]1(c2noc(=O)[nH]2)C[C@@H]1C. The second kappa shape index (κ2) is 6.81. The molecule has 0 unspecified atom stereocenters. The molecule has 3 fully saturated rings. The summed E-state index contributed by atoms with van der Waals surface area (Å²) in [6.07, 6.45) is 5.14. The lowest BCUT2D eigenvalue weighted by atomic mass is 9.87. The van der Waals surface area contributed by atoms with Crippen LogP contribution in [0.2, 0.25) is 0 Å². The molecule has 3 aliphatic rings. The first kappa shape index (κ1) is 19.8. The molecule has 2 aromatic heterocycles. The molecule has 2 saturated carbocycles. The average Bonchev–Trinajstić information content (AvgIpc) is 3.55. The number of H-pyrrole nitrogens is 1. The summed E-state index contributed by atoms with van der Waals surface area (Å²) < 4.78 is 18.2. The summed E-state index contributed by atoms with van der Waals surface area (Å²) in [6, 6.07) is 8.38. The van der Waals surface area contributed by atoms with E-state index < -0.39 is 11.3 Å². The van der Waals surface area contributed by atoms with Crippen molar-refractivity contribution in [3.8, 4) is 0 Å². The van der Waals surface area contributed by atoms with E-state index in [2.05, 4.69) is 35.3 Å². The van der Waals surface area contributed by atoms with Crippen LogP contribution in [0.4, 0.5) is 0 Å². The highest BCUT2D eigenvalue weighted by Gasteiger charge is 2.59. The first-order valence-electron chi connectivity index (χ1n) is 11.5. The fraction of sp³-hybridized carbons (Fsp3) is 0.542. The van der Waals surface area contributed by atoms with Gasteiger partial charge in [-0.25, -0.2) is 9.59 Å². The number of ether oxygens (including phenoxy) is 2. The first-order valence-corrected chi connectivity index (χ1v) is 11.5. The number of aromatic nitrogens is 3. The Morgan fingerprint density at radius 3 is 2.78 bits per heavy atom. The molecule has 8 nitrogen and oxygen atoms in total. The highest BCUT2D eigenvalue weighted by molar-refractivity contribution is 5.96. The van der Waals surface area contributed by atoms with Crippen LogP contribution >= 0.6 is 0 Å². The molecular weight excluding hydrogens is 410 g/mol. The van der Waals surface area contributed by atoms with Gasteiger partial charge in [-0.3, -0.25) is 9.51 Å². The van der Waals surface area contributed by atoms with Crippen molar-refractivity contribution in [2.24, 2.45) is 5.92 Å². The lowest BCUT2D eigenvalue weighted by Crippen LogP contribution is -2.27. The molecule has 1 N–H and O–H groups in total. The Kier molecular flexibility index (Phi) is 4.21. The van der Waals surface area contributed by atoms with Crippen molar-refractivity contribution in [2.45, 2.75) is 63.0 Å². The summed E-state index contributed by atoms with van der Waals surface area (Å²) in [4.78, 5) is 27.4. The monoisotopic (exact) mass is 437 g/mol. The van der Waals surface area contributed by atoms with E-state index in [1.54, 1.807) is 6.92 Å². The minimum atomic E-state index is -0.631. The fourth-order valence-electron chi connectivity index (χ4n) is 5.65. The van der Waals surface area contributed by atoms with Crippen LogP contribution in [0.3, 0.4) is 0 Å². The van der Waals surface area contributed by atoms with Crippen molar-refractivity contribution < 1.29 is 18.8 Å².